The van der Waals surface area contributed by atoms with Gasteiger partial charge in [0.05, 0.1) is 49.3 Å². The summed E-state index contributed by atoms with van der Waals surface area (Å²) in [6, 6.07) is 0. The van der Waals surface area contributed by atoms with Crippen molar-refractivity contribution in [3.8, 4) is 0 Å². The van der Waals surface area contributed by atoms with Gasteiger partial charge in [0.25, 0.3) is 0 Å². The Morgan fingerprint density at radius 3 is 1.43 bits per heavy atom. The van der Waals surface area contributed by atoms with Crippen molar-refractivity contribution in [2.75, 3.05) is 6.61 Å². The van der Waals surface area contributed by atoms with Gasteiger partial charge < -0.3 is 43.7 Å². The molecule has 3 fully saturated rings. The summed E-state index contributed by atoms with van der Waals surface area (Å²) >= 11 is 0. The van der Waals surface area contributed by atoms with Crippen molar-refractivity contribution in [3.05, 3.63) is 12.7 Å². The number of rotatable bonds is 10. The van der Waals surface area contributed by atoms with Gasteiger partial charge in [-0.25, -0.2) is 0 Å². The van der Waals surface area contributed by atoms with Gasteiger partial charge in [0.1, 0.15) is 18.3 Å². The molecule has 3 aliphatic heterocycles. The van der Waals surface area contributed by atoms with Gasteiger partial charge in [-0.3, -0.25) is 0 Å². The van der Waals surface area contributed by atoms with E-state index in [-0.39, 0.29) is 168 Å². The third-order valence-corrected chi connectivity index (χ3v) is 8.57. The van der Waals surface area contributed by atoms with Crippen LogP contribution in [0.3, 0.4) is 0 Å². The average molecular weight is 1210 g/mol. The van der Waals surface area contributed by atoms with E-state index < -0.39 is 55.3 Å². The molecule has 3 heterocycles. The summed E-state index contributed by atoms with van der Waals surface area (Å²) in [6.45, 7) is 17.9. The first-order valence-corrected chi connectivity index (χ1v) is 14.1. The number of aliphatic hydroxyl groups excluding tert-OH is 3. The maximum absolute atomic E-state index is 11.4. The van der Waals surface area contributed by atoms with Crippen LogP contribution in [-0.2, 0) is 28.4 Å². The van der Waals surface area contributed by atoms with Crippen molar-refractivity contribution >= 4 is 0 Å². The Morgan fingerprint density at radius 2 is 1.00 bits per heavy atom. The predicted octanol–water partition coefficient (Wildman–Crippen LogP) is 2.79. The molecular formula is C28H50Ac3O9. The molecule has 12 heteroatoms. The molecule has 0 amide bonds. The van der Waals surface area contributed by atoms with Gasteiger partial charge in [-0.15, -0.1) is 6.58 Å². The van der Waals surface area contributed by atoms with Gasteiger partial charge in [0.2, 0.25) is 0 Å². The SMILES string of the molecule is C=CCO[C@@H]1C(O)[C@H](O[C@@H]2C(O)[C@H](O[C@@H]3C(O)[C@H](C)OC(CC)[C@@H]3C)OC(CC)[C@@H]2C)OC(CC)[C@@H]1C.[Ac].[Ac].[Ac]. The molecule has 15 atom stereocenters. The van der Waals surface area contributed by atoms with Crippen molar-refractivity contribution < 1.29 is 176 Å². The third kappa shape index (κ3) is 10.4. The van der Waals surface area contributed by atoms with Crippen molar-refractivity contribution in [2.45, 2.75) is 141 Å². The standard InChI is InChI=1S/C28H50O9.3Ac/c1-9-13-32-24-14(5)19(11-3)34-27(22(24)30)37-26-16(7)20(12-4)35-28(23(26)31)36-25-15(6)18(10-2)33-17(8)21(25)29;;;/h9,14-31H,1,10-13H2,2-8H3;;;/t14-,15-,16-,17-,18?,19?,20?,21?,22?,23?,24-,25-,26-,27-,28-;;;/m0.../s1. The molecular weight excluding hydrogens is 1160 g/mol. The van der Waals surface area contributed by atoms with E-state index >= 15 is 0 Å². The van der Waals surface area contributed by atoms with E-state index in [2.05, 4.69) is 6.58 Å². The number of ether oxygens (including phenoxy) is 6. The van der Waals surface area contributed by atoms with Gasteiger partial charge in [-0.2, -0.15) is 0 Å². The van der Waals surface area contributed by atoms with E-state index in [1.807, 2.05) is 48.5 Å². The van der Waals surface area contributed by atoms with Crippen LogP contribution in [0.15, 0.2) is 12.7 Å². The van der Waals surface area contributed by atoms with Crippen molar-refractivity contribution in [2.24, 2.45) is 17.8 Å². The topological polar surface area (TPSA) is 116 Å². The first kappa shape index (κ1) is 43.7. The minimum Gasteiger partial charge on any atom is -0.388 e. The van der Waals surface area contributed by atoms with Gasteiger partial charge >= 0.3 is 0 Å². The fourth-order valence-electron chi connectivity index (χ4n) is 6.16. The van der Waals surface area contributed by atoms with Gasteiger partial charge in [-0.1, -0.05) is 47.6 Å². The van der Waals surface area contributed by atoms with E-state index in [0.717, 1.165) is 12.8 Å². The van der Waals surface area contributed by atoms with Crippen molar-refractivity contribution in [1.82, 2.24) is 0 Å². The Kier molecular flexibility index (Phi) is 22.8. The summed E-state index contributed by atoms with van der Waals surface area (Å²) in [5, 5.41) is 33.4. The minimum absolute atomic E-state index is 0. The second-order valence-corrected chi connectivity index (χ2v) is 11.0. The van der Waals surface area contributed by atoms with Crippen LogP contribution in [0.25, 0.3) is 0 Å². The van der Waals surface area contributed by atoms with E-state index in [4.69, 9.17) is 28.4 Å². The fraction of sp³-hybridized carbons (Fsp3) is 0.929. The Morgan fingerprint density at radius 1 is 0.625 bits per heavy atom. The number of aliphatic hydroxyl groups is 3. The average Bonchev–Trinajstić information content (AvgIpc) is 2.88. The molecule has 3 rings (SSSR count). The van der Waals surface area contributed by atoms with E-state index in [1.54, 1.807) is 6.08 Å². The zero-order valence-electron chi connectivity index (χ0n) is 25.3. The van der Waals surface area contributed by atoms with Crippen LogP contribution in [0.4, 0.5) is 0 Å². The summed E-state index contributed by atoms with van der Waals surface area (Å²) in [6.07, 6.45) is -3.86. The summed E-state index contributed by atoms with van der Waals surface area (Å²) in [4.78, 5) is 0. The summed E-state index contributed by atoms with van der Waals surface area (Å²) < 4.78 is 36.9. The molecule has 3 saturated heterocycles. The Labute approximate surface area is 348 Å². The van der Waals surface area contributed by atoms with E-state index in [9.17, 15) is 15.3 Å². The molecule has 0 spiro atoms. The Hall–Kier alpha value is 3.70. The molecule has 3 radical (unpaired) electrons. The molecule has 0 aromatic heterocycles. The first-order chi connectivity index (χ1) is 17.6. The molecule has 40 heavy (non-hydrogen) atoms. The summed E-state index contributed by atoms with van der Waals surface area (Å²) in [5.41, 5.74) is 0. The summed E-state index contributed by atoms with van der Waals surface area (Å²) in [5.74, 6) is -0.327. The molecule has 0 aromatic carbocycles. The van der Waals surface area contributed by atoms with Gasteiger partial charge in [0.15, 0.2) is 12.6 Å². The predicted molar refractivity (Wildman–Crippen MR) is 138 cm³/mol. The monoisotopic (exact) mass is 1210 g/mol. The molecule has 0 aromatic rings. The fourth-order valence-corrected chi connectivity index (χ4v) is 6.16. The maximum atomic E-state index is 11.4. The Bertz CT molecular complexity index is 723. The van der Waals surface area contributed by atoms with Gasteiger partial charge in [-0.05, 0) is 26.2 Å². The molecule has 225 valence electrons. The quantitative estimate of drug-likeness (QED) is 0.285. The molecule has 0 saturated carbocycles. The second kappa shape index (κ2) is 20.8. The van der Waals surface area contributed by atoms with Crippen LogP contribution in [0.2, 0.25) is 0 Å². The smallest absolute Gasteiger partial charge is 0.186 e. The first-order valence-electron chi connectivity index (χ1n) is 14.1. The van der Waals surface area contributed by atoms with Crippen LogP contribution in [0.1, 0.15) is 67.7 Å². The van der Waals surface area contributed by atoms with Crippen LogP contribution >= 0.6 is 0 Å². The van der Waals surface area contributed by atoms with E-state index in [0.29, 0.717) is 13.0 Å². The molecule has 6 unspecified atom stereocenters. The van der Waals surface area contributed by atoms with Crippen LogP contribution in [0.5, 0.6) is 0 Å². The third-order valence-electron chi connectivity index (χ3n) is 8.57. The Balaban J connectivity index is 0.00000507. The second-order valence-electron chi connectivity index (χ2n) is 11.0. The molecule has 3 aliphatic rings. The van der Waals surface area contributed by atoms with Crippen LogP contribution in [0, 0.1) is 150 Å². The van der Waals surface area contributed by atoms with Crippen molar-refractivity contribution in [3.63, 3.8) is 0 Å². The maximum Gasteiger partial charge on any atom is 0.186 e. The van der Waals surface area contributed by atoms with Crippen LogP contribution in [-0.4, -0.2) is 95.5 Å². The number of hydrogen-bond acceptors (Lipinski definition) is 9. The van der Waals surface area contributed by atoms with E-state index in [1.165, 1.54) is 0 Å². The molecule has 3 N–H and O–H groups in total. The van der Waals surface area contributed by atoms with Crippen molar-refractivity contribution in [1.29, 1.82) is 0 Å². The largest absolute Gasteiger partial charge is 0.388 e. The molecule has 0 bridgehead atoms. The normalized spacial score (nSPS) is 45.4. The minimum atomic E-state index is -1.15. The van der Waals surface area contributed by atoms with Gasteiger partial charge in [0, 0.05) is 150 Å². The zero-order valence-corrected chi connectivity index (χ0v) is 39.5. The molecule has 0 aliphatic carbocycles. The van der Waals surface area contributed by atoms with Crippen LogP contribution < -0.4 is 0 Å². The molecule has 9 nitrogen and oxygen atoms in total. The zero-order chi connectivity index (χ0) is 27.4. The summed E-state index contributed by atoms with van der Waals surface area (Å²) in [7, 11) is 0. The number of hydrogen-bond donors (Lipinski definition) is 3.